The first-order valence-electron chi connectivity index (χ1n) is 4.20. The molecule has 1 heterocycles. The van der Waals surface area contributed by atoms with Gasteiger partial charge in [-0.05, 0) is 44.7 Å². The predicted octanol–water partition coefficient (Wildman–Crippen LogP) is 2.43. The fourth-order valence-corrected chi connectivity index (χ4v) is 1.69. The van der Waals surface area contributed by atoms with Gasteiger partial charge >= 0.3 is 0 Å². The number of rotatable bonds is 3. The Bertz CT molecular complexity index is 82.2. The smallest absolute Gasteiger partial charge is 0.0223 e. The zero-order valence-electron chi connectivity index (χ0n) is 6.81. The van der Waals surface area contributed by atoms with Gasteiger partial charge in [0.15, 0.2) is 0 Å². The molecule has 0 aliphatic carbocycles. The summed E-state index contributed by atoms with van der Waals surface area (Å²) in [6, 6.07) is 0. The van der Waals surface area contributed by atoms with E-state index < -0.39 is 0 Å². The fraction of sp³-hybridized carbons (Fsp3) is 1.00. The third-order valence-electron chi connectivity index (χ3n) is 2.14. The molecule has 0 aromatic carbocycles. The number of nitrogens with one attached hydrogen (secondary N) is 1. The molecule has 1 nitrogen and oxygen atoms in total. The van der Waals surface area contributed by atoms with Crippen LogP contribution < -0.4 is 5.32 Å². The minimum absolute atomic E-state index is 0. The van der Waals surface area contributed by atoms with Gasteiger partial charge in [0.25, 0.3) is 0 Å². The van der Waals surface area contributed by atoms with E-state index >= 15 is 0 Å². The van der Waals surface area contributed by atoms with Crippen LogP contribution in [0.3, 0.4) is 0 Å². The predicted molar refractivity (Wildman–Crippen MR) is 52.8 cm³/mol. The third kappa shape index (κ3) is 4.89. The summed E-state index contributed by atoms with van der Waals surface area (Å²) in [6.45, 7) is 2.44. The Morgan fingerprint density at radius 2 is 2.27 bits per heavy atom. The molecule has 0 aromatic rings. The zero-order valence-corrected chi connectivity index (χ0v) is 8.39. The Balaban J connectivity index is 0.000001000. The molecule has 1 unspecified atom stereocenters. The summed E-state index contributed by atoms with van der Waals surface area (Å²) >= 11 is 5.60. The van der Waals surface area contributed by atoms with Crippen LogP contribution in [0, 0.1) is 5.92 Å². The van der Waals surface area contributed by atoms with Crippen molar-refractivity contribution in [2.24, 2.45) is 5.92 Å². The summed E-state index contributed by atoms with van der Waals surface area (Å²) in [5.74, 6) is 1.74. The average Bonchev–Trinajstić information content (AvgIpc) is 2.03. The van der Waals surface area contributed by atoms with Crippen LogP contribution in [-0.4, -0.2) is 19.0 Å². The molecule has 0 amide bonds. The van der Waals surface area contributed by atoms with Crippen LogP contribution in [0.4, 0.5) is 0 Å². The van der Waals surface area contributed by atoms with Gasteiger partial charge < -0.3 is 5.32 Å². The summed E-state index contributed by atoms with van der Waals surface area (Å²) in [5.41, 5.74) is 0. The largest absolute Gasteiger partial charge is 0.316 e. The van der Waals surface area contributed by atoms with Crippen LogP contribution in [0.5, 0.6) is 0 Å². The average molecular weight is 198 g/mol. The number of alkyl halides is 1. The van der Waals surface area contributed by atoms with Crippen molar-refractivity contribution < 1.29 is 0 Å². The van der Waals surface area contributed by atoms with Gasteiger partial charge in [0.1, 0.15) is 0 Å². The van der Waals surface area contributed by atoms with Crippen LogP contribution in [0.2, 0.25) is 0 Å². The van der Waals surface area contributed by atoms with Gasteiger partial charge in [0.2, 0.25) is 0 Å². The molecule has 1 N–H and O–H groups in total. The lowest BCUT2D eigenvalue weighted by atomic mass is 9.95. The summed E-state index contributed by atoms with van der Waals surface area (Å²) in [7, 11) is 0. The SMILES string of the molecule is Cl.ClCCCC1CCCNC1. The molecule has 1 fully saturated rings. The Morgan fingerprint density at radius 3 is 2.82 bits per heavy atom. The molecular weight excluding hydrogens is 181 g/mol. The summed E-state index contributed by atoms with van der Waals surface area (Å²) < 4.78 is 0. The first kappa shape index (κ1) is 11.5. The van der Waals surface area contributed by atoms with Crippen LogP contribution >= 0.6 is 24.0 Å². The van der Waals surface area contributed by atoms with Crippen molar-refractivity contribution in [2.45, 2.75) is 25.7 Å². The maximum atomic E-state index is 5.60. The summed E-state index contributed by atoms with van der Waals surface area (Å²) in [5, 5.41) is 3.40. The lowest BCUT2D eigenvalue weighted by Crippen LogP contribution is -2.29. The van der Waals surface area contributed by atoms with Crippen molar-refractivity contribution in [1.82, 2.24) is 5.32 Å². The summed E-state index contributed by atoms with van der Waals surface area (Å²) in [4.78, 5) is 0. The molecule has 1 aliphatic rings. The highest BCUT2D eigenvalue weighted by atomic mass is 35.5. The number of hydrogen-bond donors (Lipinski definition) is 1. The second-order valence-electron chi connectivity index (χ2n) is 3.04. The number of halogens is 2. The van der Waals surface area contributed by atoms with Gasteiger partial charge in [-0.1, -0.05) is 0 Å². The quantitative estimate of drug-likeness (QED) is 0.686. The van der Waals surface area contributed by atoms with Gasteiger partial charge in [0, 0.05) is 5.88 Å². The van der Waals surface area contributed by atoms with Crippen molar-refractivity contribution in [3.63, 3.8) is 0 Å². The van der Waals surface area contributed by atoms with Crippen molar-refractivity contribution in [1.29, 1.82) is 0 Å². The molecule has 11 heavy (non-hydrogen) atoms. The van der Waals surface area contributed by atoms with Crippen LogP contribution in [0.1, 0.15) is 25.7 Å². The van der Waals surface area contributed by atoms with Crippen LogP contribution in [-0.2, 0) is 0 Å². The van der Waals surface area contributed by atoms with E-state index in [1.165, 1.54) is 38.8 Å². The Labute approximate surface area is 80.3 Å². The maximum absolute atomic E-state index is 5.60. The monoisotopic (exact) mass is 197 g/mol. The van der Waals surface area contributed by atoms with E-state index in [-0.39, 0.29) is 12.4 Å². The lowest BCUT2D eigenvalue weighted by Gasteiger charge is -2.21. The molecule has 0 bridgehead atoms. The number of hydrogen-bond acceptors (Lipinski definition) is 1. The molecule has 68 valence electrons. The van der Waals surface area contributed by atoms with Crippen molar-refractivity contribution >= 4 is 24.0 Å². The third-order valence-corrected chi connectivity index (χ3v) is 2.41. The molecular formula is C8H17Cl2N. The highest BCUT2D eigenvalue weighted by Crippen LogP contribution is 2.15. The molecule has 3 heteroatoms. The summed E-state index contributed by atoms with van der Waals surface area (Å²) in [6.07, 6.45) is 5.27. The molecule has 1 aliphatic heterocycles. The van der Waals surface area contributed by atoms with Gasteiger partial charge in [-0.2, -0.15) is 0 Å². The second-order valence-corrected chi connectivity index (χ2v) is 3.42. The molecule has 0 spiro atoms. The molecule has 1 atom stereocenters. The Morgan fingerprint density at radius 1 is 1.45 bits per heavy atom. The van der Waals surface area contributed by atoms with E-state index in [0.29, 0.717) is 0 Å². The van der Waals surface area contributed by atoms with Crippen molar-refractivity contribution in [2.75, 3.05) is 19.0 Å². The zero-order chi connectivity index (χ0) is 7.23. The highest BCUT2D eigenvalue weighted by Gasteiger charge is 2.11. The van der Waals surface area contributed by atoms with Gasteiger partial charge in [-0.3, -0.25) is 0 Å². The molecule has 0 saturated carbocycles. The van der Waals surface area contributed by atoms with E-state index in [4.69, 9.17) is 11.6 Å². The topological polar surface area (TPSA) is 12.0 Å². The van der Waals surface area contributed by atoms with Gasteiger partial charge in [-0.15, -0.1) is 24.0 Å². The van der Waals surface area contributed by atoms with E-state index in [1.807, 2.05) is 0 Å². The molecule has 1 rings (SSSR count). The van der Waals surface area contributed by atoms with E-state index in [9.17, 15) is 0 Å². The lowest BCUT2D eigenvalue weighted by molar-refractivity contribution is 0.356. The van der Waals surface area contributed by atoms with E-state index in [1.54, 1.807) is 0 Å². The standard InChI is InChI=1S/C8H16ClN.ClH/c9-5-1-3-8-4-2-6-10-7-8;/h8,10H,1-7H2;1H. The van der Waals surface area contributed by atoms with Crippen LogP contribution in [0.15, 0.2) is 0 Å². The minimum Gasteiger partial charge on any atom is -0.316 e. The first-order chi connectivity index (χ1) is 4.93. The van der Waals surface area contributed by atoms with Crippen molar-refractivity contribution in [3.8, 4) is 0 Å². The first-order valence-corrected chi connectivity index (χ1v) is 4.73. The maximum Gasteiger partial charge on any atom is 0.0223 e. The van der Waals surface area contributed by atoms with Crippen LogP contribution in [0.25, 0.3) is 0 Å². The minimum atomic E-state index is 0. The van der Waals surface area contributed by atoms with Crippen molar-refractivity contribution in [3.05, 3.63) is 0 Å². The number of piperidine rings is 1. The molecule has 0 aromatic heterocycles. The van der Waals surface area contributed by atoms with E-state index in [0.717, 1.165) is 11.8 Å². The second kappa shape index (κ2) is 7.20. The van der Waals surface area contributed by atoms with E-state index in [2.05, 4.69) is 5.32 Å². The normalized spacial score (nSPS) is 24.3. The molecule has 1 saturated heterocycles. The molecule has 0 radical (unpaired) electrons. The Hall–Kier alpha value is 0.540. The van der Waals surface area contributed by atoms with Gasteiger partial charge in [0.05, 0.1) is 0 Å². The highest BCUT2D eigenvalue weighted by molar-refractivity contribution is 6.17. The van der Waals surface area contributed by atoms with Gasteiger partial charge in [-0.25, -0.2) is 0 Å². The Kier molecular flexibility index (Phi) is 7.56. The fourth-order valence-electron chi connectivity index (χ4n) is 1.54.